The number of carbonyl (C=O) groups is 3. The fraction of sp³-hybridized carbons (Fsp3) is 0.0417. The smallest absolute Gasteiger partial charge is 0.320 e. The number of anilines is 2. The van der Waals surface area contributed by atoms with Crippen molar-refractivity contribution in [2.24, 2.45) is 0 Å². The van der Waals surface area contributed by atoms with E-state index in [4.69, 9.17) is 11.6 Å². The number of nitrogens with one attached hydrogen (secondary N) is 3. The van der Waals surface area contributed by atoms with E-state index in [1.54, 1.807) is 73.7 Å². The van der Waals surface area contributed by atoms with Gasteiger partial charge in [0.2, 0.25) is 0 Å². The van der Waals surface area contributed by atoms with Crippen molar-refractivity contribution in [2.75, 3.05) is 16.1 Å². The Labute approximate surface area is 216 Å². The van der Waals surface area contributed by atoms with E-state index in [0.717, 1.165) is 8.95 Å². The molecule has 3 N–H and O–H groups in total. The third-order valence-corrected chi connectivity index (χ3v) is 6.41. The fourth-order valence-electron chi connectivity index (χ4n) is 3.31. The number of hydrogen-bond donors (Lipinski definition) is 3. The van der Waals surface area contributed by atoms with Crippen molar-refractivity contribution in [3.8, 4) is 0 Å². The minimum atomic E-state index is -0.937. The van der Waals surface area contributed by atoms with E-state index >= 15 is 0 Å². The molecule has 7 nitrogen and oxygen atoms in total. The largest absolute Gasteiger partial charge is 0.328 e. The van der Waals surface area contributed by atoms with Gasteiger partial charge in [-0.05, 0) is 67.1 Å². The Morgan fingerprint density at radius 3 is 2.35 bits per heavy atom. The second-order valence-electron chi connectivity index (χ2n) is 7.34. The summed E-state index contributed by atoms with van der Waals surface area (Å²) in [7, 11) is 0. The Balaban J connectivity index is 1.65. The molecule has 0 saturated heterocycles. The summed E-state index contributed by atoms with van der Waals surface area (Å²) < 4.78 is 2.84. The van der Waals surface area contributed by atoms with E-state index in [-0.39, 0.29) is 5.69 Å². The molecule has 10 heteroatoms. The molecule has 4 rings (SSSR count). The molecule has 0 aliphatic rings. The maximum absolute atomic E-state index is 13.2. The number of carbonyl (C=O) groups excluding carboxylic acids is 3. The molecule has 172 valence electrons. The first kappa shape index (κ1) is 24.0. The predicted octanol–water partition coefficient (Wildman–Crippen LogP) is 6.09. The van der Waals surface area contributed by atoms with Crippen molar-refractivity contribution >= 4 is 83.5 Å². The predicted molar refractivity (Wildman–Crippen MR) is 141 cm³/mol. The molecule has 0 unspecified atom stereocenters. The maximum Gasteiger partial charge on any atom is 0.328 e. The van der Waals surface area contributed by atoms with Gasteiger partial charge in [-0.3, -0.25) is 19.8 Å². The van der Waals surface area contributed by atoms with Crippen LogP contribution in [0.3, 0.4) is 0 Å². The molecule has 0 radical (unpaired) electrons. The maximum atomic E-state index is 13.2. The molecular weight excluding hydrogens is 588 g/mol. The molecule has 0 saturated carbocycles. The molecule has 0 atom stereocenters. The third-order valence-electron chi connectivity index (χ3n) is 5.01. The summed E-state index contributed by atoms with van der Waals surface area (Å²) in [4.78, 5) is 38.4. The number of hydrogen-bond acceptors (Lipinski definition) is 3. The zero-order chi connectivity index (χ0) is 24.4. The van der Waals surface area contributed by atoms with Crippen LogP contribution in [0, 0.1) is 6.92 Å². The molecule has 1 aromatic heterocycles. The van der Waals surface area contributed by atoms with Gasteiger partial charge in [-0.25, -0.2) is 4.68 Å². The zero-order valence-electron chi connectivity index (χ0n) is 17.7. The number of aromatic nitrogens is 1. The summed E-state index contributed by atoms with van der Waals surface area (Å²) in [6, 6.07) is 19.0. The Bertz CT molecular complexity index is 1450. The highest BCUT2D eigenvalue weighted by Crippen LogP contribution is 2.26. The van der Waals surface area contributed by atoms with Crippen molar-refractivity contribution in [2.45, 2.75) is 6.92 Å². The van der Waals surface area contributed by atoms with Gasteiger partial charge in [-0.2, -0.15) is 0 Å². The van der Waals surface area contributed by atoms with Crippen LogP contribution < -0.4 is 16.1 Å². The van der Waals surface area contributed by atoms with Crippen LogP contribution in [-0.2, 0) is 9.59 Å². The molecule has 1 heterocycles. The Kier molecular flexibility index (Phi) is 7.06. The number of halogens is 3. The van der Waals surface area contributed by atoms with Crippen molar-refractivity contribution < 1.29 is 14.4 Å². The molecule has 3 aromatic carbocycles. The molecule has 0 aliphatic heterocycles. The van der Waals surface area contributed by atoms with Crippen LogP contribution >= 0.6 is 43.5 Å². The van der Waals surface area contributed by atoms with Crippen LogP contribution in [0.15, 0.2) is 75.7 Å². The van der Waals surface area contributed by atoms with Gasteiger partial charge in [0, 0.05) is 30.7 Å². The van der Waals surface area contributed by atoms with E-state index in [9.17, 15) is 14.4 Å². The highest BCUT2D eigenvalue weighted by Gasteiger charge is 2.22. The lowest BCUT2D eigenvalue weighted by Crippen LogP contribution is -2.36. The normalized spacial score (nSPS) is 10.7. The summed E-state index contributed by atoms with van der Waals surface area (Å²) in [5.74, 6) is -2.30. The lowest BCUT2D eigenvalue weighted by atomic mass is 10.2. The van der Waals surface area contributed by atoms with Gasteiger partial charge < -0.3 is 10.6 Å². The van der Waals surface area contributed by atoms with Gasteiger partial charge >= 0.3 is 11.8 Å². The molecule has 0 bridgehead atoms. The summed E-state index contributed by atoms with van der Waals surface area (Å²) in [5, 5.41) is 6.56. The molecule has 4 aromatic rings. The van der Waals surface area contributed by atoms with E-state index in [1.165, 1.54) is 4.68 Å². The van der Waals surface area contributed by atoms with Crippen LogP contribution in [-0.4, -0.2) is 22.4 Å². The Morgan fingerprint density at radius 2 is 1.59 bits per heavy atom. The minimum absolute atomic E-state index is 0.135. The molecule has 0 fully saturated rings. The second-order valence-corrected chi connectivity index (χ2v) is 9.58. The monoisotopic (exact) mass is 602 g/mol. The quantitative estimate of drug-likeness (QED) is 0.246. The summed E-state index contributed by atoms with van der Waals surface area (Å²) in [5.41, 5.74) is 4.90. The van der Waals surface area contributed by atoms with Gasteiger partial charge in [0.1, 0.15) is 5.69 Å². The topological polar surface area (TPSA) is 92.2 Å². The zero-order valence-corrected chi connectivity index (χ0v) is 21.6. The number of rotatable bonds is 4. The molecular formula is C24H17Br2ClN4O3. The van der Waals surface area contributed by atoms with E-state index in [1.807, 2.05) is 0 Å². The first-order valence-corrected chi connectivity index (χ1v) is 11.9. The second kappa shape index (κ2) is 10.0. The van der Waals surface area contributed by atoms with Crippen molar-refractivity contribution in [3.05, 3.63) is 92.0 Å². The lowest BCUT2D eigenvalue weighted by molar-refractivity contribution is -0.133. The van der Waals surface area contributed by atoms with Crippen molar-refractivity contribution in [1.29, 1.82) is 0 Å². The number of benzene rings is 3. The Hall–Kier alpha value is -3.14. The third kappa shape index (κ3) is 5.16. The van der Waals surface area contributed by atoms with Gasteiger partial charge in [-0.1, -0.05) is 55.6 Å². The number of fused-ring (bicyclic) bond motifs is 1. The van der Waals surface area contributed by atoms with Gasteiger partial charge in [0.25, 0.3) is 5.91 Å². The highest BCUT2D eigenvalue weighted by atomic mass is 79.9. The molecule has 0 aliphatic carbocycles. The van der Waals surface area contributed by atoms with Gasteiger partial charge in [0.15, 0.2) is 0 Å². The summed E-state index contributed by atoms with van der Waals surface area (Å²) in [6.07, 6.45) is 0. The van der Waals surface area contributed by atoms with Crippen LogP contribution in [0.4, 0.5) is 11.4 Å². The van der Waals surface area contributed by atoms with E-state index in [0.29, 0.717) is 32.9 Å². The van der Waals surface area contributed by atoms with E-state index in [2.05, 4.69) is 47.9 Å². The average molecular weight is 605 g/mol. The lowest BCUT2D eigenvalue weighted by Gasteiger charge is -2.14. The van der Waals surface area contributed by atoms with Gasteiger partial charge in [-0.15, -0.1) is 0 Å². The SMILES string of the molecule is Cc1c(Cl)cccc1NC(=O)c1cc2cc(Br)ccc2n1NC(=O)C(=O)Nc1cccc(Br)c1. The van der Waals surface area contributed by atoms with Crippen LogP contribution in [0.25, 0.3) is 10.9 Å². The summed E-state index contributed by atoms with van der Waals surface area (Å²) >= 11 is 12.9. The van der Waals surface area contributed by atoms with Gasteiger partial charge in [0.05, 0.1) is 5.52 Å². The van der Waals surface area contributed by atoms with Crippen molar-refractivity contribution in [3.63, 3.8) is 0 Å². The van der Waals surface area contributed by atoms with Crippen LogP contribution in [0.5, 0.6) is 0 Å². The summed E-state index contributed by atoms with van der Waals surface area (Å²) in [6.45, 7) is 1.79. The fourth-order valence-corrected chi connectivity index (χ4v) is 4.26. The standard InChI is InChI=1S/C24H17Br2ClN4O3/c1-13-18(27)6-3-7-19(13)29-22(32)21-11-14-10-16(26)8-9-20(14)31(21)30-24(34)23(33)28-17-5-2-4-15(25)12-17/h2-12H,1H3,(H,28,33)(H,29,32)(H,30,34). The van der Waals surface area contributed by atoms with Crippen molar-refractivity contribution in [1.82, 2.24) is 4.68 Å². The van der Waals surface area contributed by atoms with E-state index < -0.39 is 17.7 Å². The average Bonchev–Trinajstić information content (AvgIpc) is 3.14. The molecule has 0 spiro atoms. The number of nitrogens with zero attached hydrogens (tertiary/aromatic N) is 1. The van der Waals surface area contributed by atoms with Crippen LogP contribution in [0.1, 0.15) is 16.1 Å². The minimum Gasteiger partial charge on any atom is -0.320 e. The van der Waals surface area contributed by atoms with Crippen LogP contribution in [0.2, 0.25) is 5.02 Å². The molecule has 34 heavy (non-hydrogen) atoms. The highest BCUT2D eigenvalue weighted by molar-refractivity contribution is 9.10. The first-order chi connectivity index (χ1) is 16.2. The molecule has 3 amide bonds. The number of amides is 3. The Morgan fingerprint density at radius 1 is 0.853 bits per heavy atom. The first-order valence-electron chi connectivity index (χ1n) is 9.98.